The molecule has 1 N–H and O–H groups in total. The van der Waals surface area contributed by atoms with Crippen molar-refractivity contribution >= 4 is 37.6 Å². The van der Waals surface area contributed by atoms with Crippen molar-refractivity contribution in [2.75, 3.05) is 39.3 Å². The summed E-state index contributed by atoms with van der Waals surface area (Å²) in [5.74, 6) is 0. The van der Waals surface area contributed by atoms with Crippen LogP contribution in [-0.2, 0) is 10.0 Å². The molecule has 20 heavy (non-hydrogen) atoms. The molecule has 1 aliphatic rings. The highest BCUT2D eigenvalue weighted by molar-refractivity contribution is 9.10. The Kier molecular flexibility index (Phi) is 5.38. The zero-order chi connectivity index (χ0) is 14.8. The van der Waals surface area contributed by atoms with Crippen molar-refractivity contribution in [3.63, 3.8) is 0 Å². The average Bonchev–Trinajstić information content (AvgIpc) is 2.42. The number of nitrogens with zero attached hydrogens (tertiary/aromatic N) is 3. The Hall–Kier alpha value is -0.250. The van der Waals surface area contributed by atoms with Crippen LogP contribution in [-0.4, -0.2) is 67.0 Å². The van der Waals surface area contributed by atoms with Crippen molar-refractivity contribution in [3.05, 3.63) is 21.9 Å². The first kappa shape index (κ1) is 16.1. The van der Waals surface area contributed by atoms with E-state index in [2.05, 4.69) is 20.9 Å². The minimum absolute atomic E-state index is 0.0177. The summed E-state index contributed by atoms with van der Waals surface area (Å²) in [4.78, 5) is 5.89. The monoisotopic (exact) mass is 383 g/mol. The molecule has 1 aromatic heterocycles. The number of aromatic nitrogens is 1. The van der Waals surface area contributed by atoms with Gasteiger partial charge < -0.3 is 5.11 Å². The zero-order valence-corrected chi connectivity index (χ0v) is 13.8. The molecule has 0 radical (unpaired) electrons. The fourth-order valence-electron chi connectivity index (χ4n) is 2.06. The highest BCUT2D eigenvalue weighted by Gasteiger charge is 2.30. The van der Waals surface area contributed by atoms with E-state index in [-0.39, 0.29) is 16.7 Å². The maximum atomic E-state index is 12.5. The molecule has 0 aromatic carbocycles. The molecule has 112 valence electrons. The van der Waals surface area contributed by atoms with Gasteiger partial charge in [0.25, 0.3) is 0 Å². The van der Waals surface area contributed by atoms with Gasteiger partial charge in [0.05, 0.1) is 6.61 Å². The van der Waals surface area contributed by atoms with E-state index in [1.807, 2.05) is 4.90 Å². The van der Waals surface area contributed by atoms with Crippen LogP contribution in [0.15, 0.2) is 21.6 Å². The number of aliphatic hydroxyl groups is 1. The van der Waals surface area contributed by atoms with Gasteiger partial charge in [0.1, 0.15) is 10.0 Å². The number of aliphatic hydroxyl groups excluding tert-OH is 1. The molecule has 2 heterocycles. The molecule has 0 atom stereocenters. The van der Waals surface area contributed by atoms with E-state index in [9.17, 15) is 8.42 Å². The summed E-state index contributed by atoms with van der Waals surface area (Å²) in [7, 11) is -3.63. The smallest absolute Gasteiger partial charge is 0.246 e. The van der Waals surface area contributed by atoms with Crippen molar-refractivity contribution < 1.29 is 13.5 Å². The predicted molar refractivity (Wildman–Crippen MR) is 79.2 cm³/mol. The van der Waals surface area contributed by atoms with Crippen LogP contribution < -0.4 is 0 Å². The van der Waals surface area contributed by atoms with Crippen LogP contribution in [0.2, 0.25) is 5.15 Å². The fourth-order valence-corrected chi connectivity index (χ4v) is 4.40. The summed E-state index contributed by atoms with van der Waals surface area (Å²) in [5, 5.41) is 8.86. The molecule has 1 fully saturated rings. The second-order valence-electron chi connectivity index (χ2n) is 4.41. The topological polar surface area (TPSA) is 73.7 Å². The Morgan fingerprint density at radius 3 is 2.60 bits per heavy atom. The van der Waals surface area contributed by atoms with Gasteiger partial charge in [-0.2, -0.15) is 4.31 Å². The van der Waals surface area contributed by atoms with Crippen molar-refractivity contribution in [1.29, 1.82) is 0 Å². The number of β-amino-alcohol motifs (C(OH)–C–C–N with tert-alkyl or cyclic N) is 1. The molecule has 0 bridgehead atoms. The Morgan fingerprint density at radius 2 is 2.00 bits per heavy atom. The van der Waals surface area contributed by atoms with Crippen molar-refractivity contribution in [3.8, 4) is 0 Å². The average molecular weight is 385 g/mol. The van der Waals surface area contributed by atoms with Gasteiger partial charge in [-0.25, -0.2) is 13.4 Å². The predicted octanol–water partition coefficient (Wildman–Crippen LogP) is 0.796. The van der Waals surface area contributed by atoms with E-state index in [4.69, 9.17) is 16.7 Å². The van der Waals surface area contributed by atoms with E-state index in [1.54, 1.807) is 0 Å². The summed E-state index contributed by atoms with van der Waals surface area (Å²) in [5.41, 5.74) is 0. The summed E-state index contributed by atoms with van der Waals surface area (Å²) >= 11 is 9.10. The van der Waals surface area contributed by atoms with Gasteiger partial charge in [-0.05, 0) is 22.0 Å². The van der Waals surface area contributed by atoms with Crippen LogP contribution in [0.4, 0.5) is 0 Å². The van der Waals surface area contributed by atoms with Gasteiger partial charge in [0.2, 0.25) is 10.0 Å². The first-order chi connectivity index (χ1) is 9.45. The minimum atomic E-state index is -3.63. The maximum Gasteiger partial charge on any atom is 0.246 e. The lowest BCUT2D eigenvalue weighted by atomic mass is 10.4. The van der Waals surface area contributed by atoms with E-state index in [0.29, 0.717) is 37.2 Å². The molecule has 0 unspecified atom stereocenters. The van der Waals surface area contributed by atoms with Crippen LogP contribution in [0, 0.1) is 0 Å². The maximum absolute atomic E-state index is 12.5. The molecule has 0 spiro atoms. The Balaban J connectivity index is 2.18. The van der Waals surface area contributed by atoms with Gasteiger partial charge in [0.15, 0.2) is 0 Å². The molecule has 9 heteroatoms. The summed E-state index contributed by atoms with van der Waals surface area (Å²) in [6.45, 7) is 2.59. The SMILES string of the molecule is O=S(=O)(c1cc(Br)cnc1Cl)N1CCN(CCO)CC1. The quantitative estimate of drug-likeness (QED) is 0.777. The number of hydrogen-bond acceptors (Lipinski definition) is 5. The molecule has 0 aliphatic carbocycles. The van der Waals surface area contributed by atoms with Crippen LogP contribution in [0.3, 0.4) is 0 Å². The first-order valence-corrected chi connectivity index (χ1v) is 8.70. The number of rotatable bonds is 4. The highest BCUT2D eigenvalue weighted by atomic mass is 79.9. The minimum Gasteiger partial charge on any atom is -0.395 e. The van der Waals surface area contributed by atoms with Crippen molar-refractivity contribution in [2.24, 2.45) is 0 Å². The molecule has 1 aromatic rings. The van der Waals surface area contributed by atoms with Crippen LogP contribution in [0.5, 0.6) is 0 Å². The molecule has 6 nitrogen and oxygen atoms in total. The van der Waals surface area contributed by atoms with Gasteiger partial charge in [-0.3, -0.25) is 4.90 Å². The second-order valence-corrected chi connectivity index (χ2v) is 7.59. The van der Waals surface area contributed by atoms with E-state index >= 15 is 0 Å². The summed E-state index contributed by atoms with van der Waals surface area (Å²) in [6, 6.07) is 1.46. The molecular weight excluding hydrogens is 370 g/mol. The standard InChI is InChI=1S/C11H15BrClN3O3S/c12-9-7-10(11(13)14-8-9)20(18,19)16-3-1-15(2-4-16)5-6-17/h7-8,17H,1-6H2. The van der Waals surface area contributed by atoms with E-state index in [0.717, 1.165) is 0 Å². The number of piperazine rings is 1. The van der Waals surface area contributed by atoms with Gasteiger partial charge in [-0.15, -0.1) is 0 Å². The normalized spacial score (nSPS) is 18.4. The third kappa shape index (κ3) is 3.49. The molecule has 1 aliphatic heterocycles. The molecule has 0 saturated carbocycles. The molecule has 1 saturated heterocycles. The van der Waals surface area contributed by atoms with Gasteiger partial charge >= 0.3 is 0 Å². The molecular formula is C11H15BrClN3O3S. The van der Waals surface area contributed by atoms with Gasteiger partial charge in [0, 0.05) is 43.4 Å². The number of sulfonamides is 1. The van der Waals surface area contributed by atoms with Crippen molar-refractivity contribution in [1.82, 2.24) is 14.2 Å². The number of pyridine rings is 1. The van der Waals surface area contributed by atoms with Crippen molar-refractivity contribution in [2.45, 2.75) is 4.90 Å². The lowest BCUT2D eigenvalue weighted by Gasteiger charge is -2.33. The lowest BCUT2D eigenvalue weighted by Crippen LogP contribution is -2.49. The van der Waals surface area contributed by atoms with Crippen LogP contribution in [0.1, 0.15) is 0 Å². The fraction of sp³-hybridized carbons (Fsp3) is 0.545. The zero-order valence-electron chi connectivity index (χ0n) is 10.7. The third-order valence-electron chi connectivity index (χ3n) is 3.14. The third-order valence-corrected chi connectivity index (χ3v) is 5.90. The Morgan fingerprint density at radius 1 is 1.35 bits per heavy atom. The van der Waals surface area contributed by atoms with Crippen LogP contribution in [0.25, 0.3) is 0 Å². The number of hydrogen-bond donors (Lipinski definition) is 1. The summed E-state index contributed by atoms with van der Waals surface area (Å²) < 4.78 is 27.0. The number of halogens is 2. The molecule has 0 amide bonds. The Bertz CT molecular complexity index is 576. The highest BCUT2D eigenvalue weighted by Crippen LogP contribution is 2.26. The summed E-state index contributed by atoms with van der Waals surface area (Å²) in [6.07, 6.45) is 1.46. The van der Waals surface area contributed by atoms with E-state index in [1.165, 1.54) is 16.6 Å². The second kappa shape index (κ2) is 6.67. The molecule has 2 rings (SSSR count). The van der Waals surface area contributed by atoms with Crippen LogP contribution >= 0.6 is 27.5 Å². The van der Waals surface area contributed by atoms with E-state index < -0.39 is 10.0 Å². The largest absolute Gasteiger partial charge is 0.395 e. The lowest BCUT2D eigenvalue weighted by molar-refractivity contribution is 0.151. The Labute approximate surface area is 131 Å². The van der Waals surface area contributed by atoms with Gasteiger partial charge in [-0.1, -0.05) is 11.6 Å². The first-order valence-electron chi connectivity index (χ1n) is 6.09.